The van der Waals surface area contributed by atoms with Gasteiger partial charge in [-0.05, 0) is 28.9 Å². The molecule has 80 valence electrons. The fraction of sp³-hybridized carbons (Fsp3) is 0.300. The van der Waals surface area contributed by atoms with Crippen LogP contribution in [-0.2, 0) is 7.05 Å². The molecule has 0 aromatic carbocycles. The third-order valence-electron chi connectivity index (χ3n) is 2.46. The molecule has 0 aliphatic carbocycles. The standard InChI is InChI=1S/C10H11BrN2O2/c1-6-7(5-12-13(6)2)9(14)10-8(11)3-4-15-10/h3-5,9,14H,1-2H3. The molecule has 0 saturated heterocycles. The number of aliphatic hydroxyl groups is 1. The quantitative estimate of drug-likeness (QED) is 0.910. The lowest BCUT2D eigenvalue weighted by Crippen LogP contribution is -2.01. The van der Waals surface area contributed by atoms with E-state index in [1.807, 2.05) is 14.0 Å². The minimum absolute atomic E-state index is 0.506. The summed E-state index contributed by atoms with van der Waals surface area (Å²) >= 11 is 3.31. The molecule has 0 fully saturated rings. The molecule has 2 aromatic rings. The number of rotatable bonds is 2. The molecule has 2 aromatic heterocycles. The number of hydrogen-bond acceptors (Lipinski definition) is 3. The molecule has 1 unspecified atom stereocenters. The van der Waals surface area contributed by atoms with Crippen LogP contribution in [0.2, 0.25) is 0 Å². The van der Waals surface area contributed by atoms with E-state index in [9.17, 15) is 5.11 Å². The van der Waals surface area contributed by atoms with E-state index < -0.39 is 6.10 Å². The Hall–Kier alpha value is -1.07. The third kappa shape index (κ3) is 1.72. The highest BCUT2D eigenvalue weighted by atomic mass is 79.9. The first-order valence-corrected chi connectivity index (χ1v) is 5.30. The second-order valence-electron chi connectivity index (χ2n) is 3.34. The number of aromatic nitrogens is 2. The zero-order valence-corrected chi connectivity index (χ0v) is 10.0. The van der Waals surface area contributed by atoms with E-state index in [0.717, 1.165) is 15.7 Å². The molecule has 4 nitrogen and oxygen atoms in total. The van der Waals surface area contributed by atoms with Gasteiger partial charge in [-0.3, -0.25) is 4.68 Å². The van der Waals surface area contributed by atoms with Crippen molar-refractivity contribution < 1.29 is 9.52 Å². The van der Waals surface area contributed by atoms with Crippen molar-refractivity contribution in [3.8, 4) is 0 Å². The molecular weight excluding hydrogens is 260 g/mol. The predicted molar refractivity (Wildman–Crippen MR) is 58.4 cm³/mol. The lowest BCUT2D eigenvalue weighted by Gasteiger charge is -2.07. The fourth-order valence-corrected chi connectivity index (χ4v) is 1.84. The highest BCUT2D eigenvalue weighted by molar-refractivity contribution is 9.10. The Morgan fingerprint density at radius 1 is 1.60 bits per heavy atom. The Morgan fingerprint density at radius 3 is 2.80 bits per heavy atom. The van der Waals surface area contributed by atoms with E-state index in [1.54, 1.807) is 16.9 Å². The largest absolute Gasteiger partial charge is 0.465 e. The van der Waals surface area contributed by atoms with Crippen molar-refractivity contribution in [1.82, 2.24) is 9.78 Å². The number of hydrogen-bond donors (Lipinski definition) is 1. The Balaban J connectivity index is 2.41. The van der Waals surface area contributed by atoms with Crippen LogP contribution in [0.15, 0.2) is 27.4 Å². The van der Waals surface area contributed by atoms with Gasteiger partial charge in [-0.1, -0.05) is 0 Å². The van der Waals surface area contributed by atoms with E-state index >= 15 is 0 Å². The Labute approximate surface area is 95.6 Å². The van der Waals surface area contributed by atoms with Crippen LogP contribution in [-0.4, -0.2) is 14.9 Å². The van der Waals surface area contributed by atoms with E-state index in [-0.39, 0.29) is 0 Å². The van der Waals surface area contributed by atoms with Gasteiger partial charge >= 0.3 is 0 Å². The van der Waals surface area contributed by atoms with Crippen molar-refractivity contribution in [2.75, 3.05) is 0 Å². The average Bonchev–Trinajstić information content (AvgIpc) is 2.75. The van der Waals surface area contributed by atoms with Gasteiger partial charge in [-0.25, -0.2) is 0 Å². The second kappa shape index (κ2) is 3.83. The number of furan rings is 1. The lowest BCUT2D eigenvalue weighted by molar-refractivity contribution is 0.187. The van der Waals surface area contributed by atoms with Gasteiger partial charge in [0.25, 0.3) is 0 Å². The van der Waals surface area contributed by atoms with Crippen LogP contribution in [0, 0.1) is 6.92 Å². The normalized spacial score (nSPS) is 13.1. The summed E-state index contributed by atoms with van der Waals surface area (Å²) in [5.41, 5.74) is 1.68. The lowest BCUT2D eigenvalue weighted by atomic mass is 10.1. The number of nitrogens with zero attached hydrogens (tertiary/aromatic N) is 2. The first kappa shape index (κ1) is 10.4. The van der Waals surface area contributed by atoms with E-state index in [1.165, 1.54) is 6.26 Å². The monoisotopic (exact) mass is 270 g/mol. The third-order valence-corrected chi connectivity index (χ3v) is 3.12. The van der Waals surface area contributed by atoms with Gasteiger partial charge in [-0.2, -0.15) is 5.10 Å². The maximum Gasteiger partial charge on any atom is 0.151 e. The topological polar surface area (TPSA) is 51.2 Å². The minimum atomic E-state index is -0.775. The van der Waals surface area contributed by atoms with Crippen molar-refractivity contribution in [2.24, 2.45) is 7.05 Å². The smallest absolute Gasteiger partial charge is 0.151 e. The Bertz CT molecular complexity index is 475. The van der Waals surface area contributed by atoms with Crippen molar-refractivity contribution >= 4 is 15.9 Å². The van der Waals surface area contributed by atoms with Crippen LogP contribution < -0.4 is 0 Å². The van der Waals surface area contributed by atoms with Crippen LogP contribution >= 0.6 is 15.9 Å². The van der Waals surface area contributed by atoms with E-state index in [4.69, 9.17) is 4.42 Å². The van der Waals surface area contributed by atoms with Crippen LogP contribution in [0.5, 0.6) is 0 Å². The summed E-state index contributed by atoms with van der Waals surface area (Å²) in [6.45, 7) is 1.91. The molecule has 0 radical (unpaired) electrons. The number of aliphatic hydroxyl groups excluding tert-OH is 1. The molecule has 0 bridgehead atoms. The predicted octanol–water partition coefficient (Wildman–Crippen LogP) is 2.17. The van der Waals surface area contributed by atoms with Gasteiger partial charge in [0.15, 0.2) is 5.76 Å². The Morgan fingerprint density at radius 2 is 2.33 bits per heavy atom. The van der Waals surface area contributed by atoms with E-state index in [2.05, 4.69) is 21.0 Å². The maximum absolute atomic E-state index is 10.1. The number of halogens is 1. The molecule has 0 saturated carbocycles. The highest BCUT2D eigenvalue weighted by Gasteiger charge is 2.20. The molecule has 15 heavy (non-hydrogen) atoms. The molecule has 5 heteroatoms. The summed E-state index contributed by atoms with van der Waals surface area (Å²) in [5.74, 6) is 0.506. The van der Waals surface area contributed by atoms with E-state index in [0.29, 0.717) is 5.76 Å². The van der Waals surface area contributed by atoms with Crippen LogP contribution in [0.3, 0.4) is 0 Å². The molecule has 0 aliphatic rings. The van der Waals surface area contributed by atoms with Crippen LogP contribution in [0.1, 0.15) is 23.1 Å². The summed E-state index contributed by atoms with van der Waals surface area (Å²) in [6.07, 6.45) is 2.41. The first-order chi connectivity index (χ1) is 7.11. The van der Waals surface area contributed by atoms with Gasteiger partial charge in [-0.15, -0.1) is 0 Å². The summed E-state index contributed by atoms with van der Waals surface area (Å²) in [6, 6.07) is 1.75. The molecule has 1 N–H and O–H groups in total. The zero-order chi connectivity index (χ0) is 11.0. The average molecular weight is 271 g/mol. The first-order valence-electron chi connectivity index (χ1n) is 4.50. The SMILES string of the molecule is Cc1c(C(O)c2occc2Br)cnn1C. The summed E-state index contributed by atoms with van der Waals surface area (Å²) in [7, 11) is 1.84. The van der Waals surface area contributed by atoms with Crippen molar-refractivity contribution in [3.63, 3.8) is 0 Å². The minimum Gasteiger partial charge on any atom is -0.465 e. The molecule has 0 aliphatic heterocycles. The summed E-state index contributed by atoms with van der Waals surface area (Å²) in [5, 5.41) is 14.2. The van der Waals surface area contributed by atoms with Gasteiger partial charge in [0.1, 0.15) is 6.10 Å². The van der Waals surface area contributed by atoms with Gasteiger partial charge in [0, 0.05) is 18.3 Å². The number of aryl methyl sites for hydroxylation is 1. The van der Waals surface area contributed by atoms with Crippen molar-refractivity contribution in [1.29, 1.82) is 0 Å². The van der Waals surface area contributed by atoms with Crippen molar-refractivity contribution in [2.45, 2.75) is 13.0 Å². The molecule has 0 amide bonds. The zero-order valence-electron chi connectivity index (χ0n) is 8.44. The molecule has 2 heterocycles. The molecule has 1 atom stereocenters. The maximum atomic E-state index is 10.1. The van der Waals surface area contributed by atoms with Crippen LogP contribution in [0.25, 0.3) is 0 Å². The van der Waals surface area contributed by atoms with Gasteiger partial charge in [0.2, 0.25) is 0 Å². The Kier molecular flexibility index (Phi) is 2.67. The van der Waals surface area contributed by atoms with Gasteiger partial charge in [0.05, 0.1) is 16.9 Å². The fourth-order valence-electron chi connectivity index (χ4n) is 1.43. The second-order valence-corrected chi connectivity index (χ2v) is 4.20. The summed E-state index contributed by atoms with van der Waals surface area (Å²) < 4.78 is 7.69. The molecule has 0 spiro atoms. The van der Waals surface area contributed by atoms with Gasteiger partial charge < -0.3 is 9.52 Å². The van der Waals surface area contributed by atoms with Crippen LogP contribution in [0.4, 0.5) is 0 Å². The highest BCUT2D eigenvalue weighted by Crippen LogP contribution is 2.30. The molecular formula is C10H11BrN2O2. The molecule has 2 rings (SSSR count). The van der Waals surface area contributed by atoms with Crippen molar-refractivity contribution in [3.05, 3.63) is 40.0 Å². The summed E-state index contributed by atoms with van der Waals surface area (Å²) in [4.78, 5) is 0.